The maximum atomic E-state index is 12.9. The van der Waals surface area contributed by atoms with Crippen LogP contribution in [0.3, 0.4) is 0 Å². The van der Waals surface area contributed by atoms with Gasteiger partial charge in [0.15, 0.2) is 6.29 Å². The third kappa shape index (κ3) is 6.61. The van der Waals surface area contributed by atoms with Gasteiger partial charge in [0.05, 0.1) is 0 Å². The molecule has 0 aliphatic rings. The SMILES string of the molecule is CC(C)(CCCC(O)(C(F)(F)F)C(F)(F)F)c1cccc(OCc2ccc(C(O)O)cc2)c1. The van der Waals surface area contributed by atoms with Crippen molar-refractivity contribution in [3.8, 4) is 5.75 Å². The van der Waals surface area contributed by atoms with E-state index in [1.165, 1.54) is 12.1 Å². The maximum Gasteiger partial charge on any atom is 0.426 e. The molecular formula is C23H26F6O4. The van der Waals surface area contributed by atoms with Crippen LogP contribution in [-0.2, 0) is 12.0 Å². The van der Waals surface area contributed by atoms with Crippen molar-refractivity contribution in [3.05, 3.63) is 65.2 Å². The van der Waals surface area contributed by atoms with Crippen molar-refractivity contribution in [2.75, 3.05) is 0 Å². The van der Waals surface area contributed by atoms with E-state index < -0.39 is 42.5 Å². The van der Waals surface area contributed by atoms with Crippen molar-refractivity contribution >= 4 is 0 Å². The molecule has 0 unspecified atom stereocenters. The summed E-state index contributed by atoms with van der Waals surface area (Å²) >= 11 is 0. The van der Waals surface area contributed by atoms with Crippen LogP contribution in [0.4, 0.5) is 26.3 Å². The summed E-state index contributed by atoms with van der Waals surface area (Å²) in [7, 11) is 0. The average Bonchev–Trinajstić information content (AvgIpc) is 2.71. The van der Waals surface area contributed by atoms with Crippen LogP contribution in [0.5, 0.6) is 5.75 Å². The first-order chi connectivity index (χ1) is 15.1. The highest BCUT2D eigenvalue weighted by molar-refractivity contribution is 5.33. The lowest BCUT2D eigenvalue weighted by molar-refractivity contribution is -0.370. The van der Waals surface area contributed by atoms with Crippen LogP contribution >= 0.6 is 0 Å². The van der Waals surface area contributed by atoms with Gasteiger partial charge < -0.3 is 20.1 Å². The minimum atomic E-state index is -5.82. The number of alkyl halides is 6. The predicted molar refractivity (Wildman–Crippen MR) is 108 cm³/mol. The first kappa shape index (κ1) is 26.9. The lowest BCUT2D eigenvalue weighted by Gasteiger charge is -2.33. The molecule has 4 nitrogen and oxygen atoms in total. The van der Waals surface area contributed by atoms with Crippen LogP contribution in [0.15, 0.2) is 48.5 Å². The lowest BCUT2D eigenvalue weighted by atomic mass is 9.78. The summed E-state index contributed by atoms with van der Waals surface area (Å²) in [5, 5.41) is 27.6. The van der Waals surface area contributed by atoms with E-state index in [1.54, 1.807) is 50.2 Å². The number of hydrogen-bond donors (Lipinski definition) is 3. The van der Waals surface area contributed by atoms with Crippen molar-refractivity contribution in [1.82, 2.24) is 0 Å². The van der Waals surface area contributed by atoms with Crippen LogP contribution in [0.25, 0.3) is 0 Å². The highest BCUT2D eigenvalue weighted by Crippen LogP contribution is 2.46. The second kappa shape index (κ2) is 9.90. The summed E-state index contributed by atoms with van der Waals surface area (Å²) in [6, 6.07) is 13.1. The van der Waals surface area contributed by atoms with E-state index in [0.29, 0.717) is 16.9 Å². The van der Waals surface area contributed by atoms with E-state index in [-0.39, 0.29) is 13.0 Å². The van der Waals surface area contributed by atoms with Gasteiger partial charge in [-0.3, -0.25) is 0 Å². The lowest BCUT2D eigenvalue weighted by Crippen LogP contribution is -2.56. The van der Waals surface area contributed by atoms with Gasteiger partial charge in [-0.15, -0.1) is 0 Å². The van der Waals surface area contributed by atoms with Gasteiger partial charge in [0.2, 0.25) is 0 Å². The maximum absolute atomic E-state index is 12.9. The molecule has 0 spiro atoms. The Balaban J connectivity index is 2.04. The summed E-state index contributed by atoms with van der Waals surface area (Å²) in [6.07, 6.45) is -15.3. The van der Waals surface area contributed by atoms with Crippen molar-refractivity contribution < 1.29 is 46.4 Å². The van der Waals surface area contributed by atoms with Gasteiger partial charge in [0.1, 0.15) is 12.4 Å². The molecule has 0 aliphatic heterocycles. The largest absolute Gasteiger partial charge is 0.489 e. The van der Waals surface area contributed by atoms with Crippen molar-refractivity contribution in [3.63, 3.8) is 0 Å². The molecule has 10 heteroatoms. The normalized spacial score (nSPS) is 13.5. The quantitative estimate of drug-likeness (QED) is 0.325. The molecule has 0 fully saturated rings. The van der Waals surface area contributed by atoms with Crippen LogP contribution in [0.1, 0.15) is 56.1 Å². The van der Waals surface area contributed by atoms with Crippen LogP contribution in [-0.4, -0.2) is 33.3 Å². The molecular weight excluding hydrogens is 454 g/mol. The van der Waals surface area contributed by atoms with E-state index in [1.807, 2.05) is 0 Å². The van der Waals surface area contributed by atoms with Gasteiger partial charge in [0, 0.05) is 5.56 Å². The van der Waals surface area contributed by atoms with E-state index in [4.69, 9.17) is 14.9 Å². The fourth-order valence-electron chi connectivity index (χ4n) is 3.33. The molecule has 0 atom stereocenters. The Labute approximate surface area is 187 Å². The zero-order chi connectivity index (χ0) is 25.1. The number of aliphatic hydroxyl groups excluding tert-OH is 1. The fraction of sp³-hybridized carbons (Fsp3) is 0.478. The summed E-state index contributed by atoms with van der Waals surface area (Å²) in [5.74, 6) is 0.453. The highest BCUT2D eigenvalue weighted by atomic mass is 19.4. The minimum Gasteiger partial charge on any atom is -0.489 e. The van der Waals surface area contributed by atoms with Crippen LogP contribution in [0.2, 0.25) is 0 Å². The Hall–Kier alpha value is -2.30. The Kier molecular flexibility index (Phi) is 8.09. The summed E-state index contributed by atoms with van der Waals surface area (Å²) in [5.41, 5.74) is -3.80. The molecule has 0 saturated carbocycles. The molecule has 0 amide bonds. The Morgan fingerprint density at radius 1 is 0.848 bits per heavy atom. The third-order valence-electron chi connectivity index (χ3n) is 5.58. The van der Waals surface area contributed by atoms with Crippen molar-refractivity contribution in [2.24, 2.45) is 0 Å². The number of ether oxygens (including phenoxy) is 1. The Morgan fingerprint density at radius 3 is 1.94 bits per heavy atom. The van der Waals surface area contributed by atoms with Crippen molar-refractivity contribution in [2.45, 2.75) is 69.4 Å². The number of rotatable bonds is 9. The summed E-state index contributed by atoms with van der Waals surface area (Å²) in [4.78, 5) is 0. The first-order valence-corrected chi connectivity index (χ1v) is 10.1. The second-order valence-corrected chi connectivity index (χ2v) is 8.52. The second-order valence-electron chi connectivity index (χ2n) is 8.52. The highest BCUT2D eigenvalue weighted by Gasteiger charge is 2.69. The summed E-state index contributed by atoms with van der Waals surface area (Å²) in [6.45, 7) is 3.53. The third-order valence-corrected chi connectivity index (χ3v) is 5.58. The van der Waals surface area contributed by atoms with E-state index in [0.717, 1.165) is 5.56 Å². The summed E-state index contributed by atoms with van der Waals surface area (Å²) < 4.78 is 82.9. The molecule has 0 aromatic heterocycles. The molecule has 0 aliphatic carbocycles. The van der Waals surface area contributed by atoms with Crippen LogP contribution < -0.4 is 4.74 Å². The van der Waals surface area contributed by atoms with Crippen molar-refractivity contribution in [1.29, 1.82) is 0 Å². The number of halogens is 6. The van der Waals surface area contributed by atoms with Gasteiger partial charge in [-0.25, -0.2) is 0 Å². The number of hydrogen-bond acceptors (Lipinski definition) is 4. The predicted octanol–water partition coefficient (Wildman–Crippen LogP) is 5.55. The van der Waals surface area contributed by atoms with E-state index in [2.05, 4.69) is 0 Å². The Bertz CT molecular complexity index is 890. The zero-order valence-corrected chi connectivity index (χ0v) is 18.0. The van der Waals surface area contributed by atoms with E-state index >= 15 is 0 Å². The Morgan fingerprint density at radius 2 is 1.42 bits per heavy atom. The van der Waals surface area contributed by atoms with Gasteiger partial charge in [-0.1, -0.05) is 50.2 Å². The smallest absolute Gasteiger partial charge is 0.426 e. The molecule has 2 aromatic rings. The fourth-order valence-corrected chi connectivity index (χ4v) is 3.33. The molecule has 0 heterocycles. The molecule has 33 heavy (non-hydrogen) atoms. The molecule has 0 radical (unpaired) electrons. The first-order valence-electron chi connectivity index (χ1n) is 10.1. The molecule has 184 valence electrons. The van der Waals surface area contributed by atoms with Gasteiger partial charge >= 0.3 is 12.4 Å². The molecule has 3 N–H and O–H groups in total. The van der Waals surface area contributed by atoms with Gasteiger partial charge in [0.25, 0.3) is 5.60 Å². The minimum absolute atomic E-state index is 0.0319. The molecule has 2 aromatic carbocycles. The zero-order valence-electron chi connectivity index (χ0n) is 18.0. The molecule has 0 saturated heterocycles. The molecule has 0 bridgehead atoms. The van der Waals surface area contributed by atoms with Crippen LogP contribution in [0, 0.1) is 0 Å². The van der Waals surface area contributed by atoms with Gasteiger partial charge in [-0.05, 0) is 47.9 Å². The number of aliphatic hydroxyl groups is 3. The topological polar surface area (TPSA) is 69.9 Å². The average molecular weight is 480 g/mol. The van der Waals surface area contributed by atoms with E-state index in [9.17, 15) is 31.4 Å². The van der Waals surface area contributed by atoms with Gasteiger partial charge in [-0.2, -0.15) is 26.3 Å². The number of benzene rings is 2. The monoisotopic (exact) mass is 480 g/mol. The standard InChI is InChI=1S/C23H26F6O4/c1-20(2,11-4-12-21(32,22(24,25)26)23(27,28)29)17-5-3-6-18(13-17)33-14-15-7-9-16(10-8-15)19(30)31/h3,5-10,13,19,30-32H,4,11-12,14H2,1-2H3. The molecule has 2 rings (SSSR count).